The number of hydrogen-bond acceptors (Lipinski definition) is 4. The number of nitrogens with zero attached hydrogens (tertiary/aromatic N) is 1. The Morgan fingerprint density at radius 3 is 2.36 bits per heavy atom. The Morgan fingerprint density at radius 1 is 1.32 bits per heavy atom. The summed E-state index contributed by atoms with van der Waals surface area (Å²) >= 11 is 0. The molecule has 0 spiro atoms. The highest BCUT2D eigenvalue weighted by atomic mass is 35.5. The van der Waals surface area contributed by atoms with Crippen molar-refractivity contribution < 1.29 is 13.2 Å². The van der Waals surface area contributed by atoms with E-state index in [9.17, 15) is 8.42 Å². The molecular formula is C15H27ClN2O3S. The van der Waals surface area contributed by atoms with E-state index in [1.165, 1.54) is 4.31 Å². The molecule has 0 amide bonds. The molecule has 0 saturated heterocycles. The molecule has 0 fully saturated rings. The summed E-state index contributed by atoms with van der Waals surface area (Å²) in [5.74, 6) is 1.02. The lowest BCUT2D eigenvalue weighted by Crippen LogP contribution is -2.34. The van der Waals surface area contributed by atoms with Crippen LogP contribution >= 0.6 is 12.4 Å². The summed E-state index contributed by atoms with van der Waals surface area (Å²) in [6.45, 7) is 6.30. The van der Waals surface area contributed by atoms with Crippen LogP contribution < -0.4 is 10.5 Å². The highest BCUT2D eigenvalue weighted by Gasteiger charge is 2.22. The number of sulfonamides is 1. The van der Waals surface area contributed by atoms with Crippen molar-refractivity contribution in [3.05, 3.63) is 23.8 Å². The minimum atomic E-state index is -3.49. The first-order valence-corrected chi connectivity index (χ1v) is 8.50. The van der Waals surface area contributed by atoms with E-state index in [1.54, 1.807) is 32.4 Å². The van der Waals surface area contributed by atoms with Crippen LogP contribution in [0.4, 0.5) is 0 Å². The maximum atomic E-state index is 12.5. The molecule has 128 valence electrons. The molecule has 0 aliphatic rings. The minimum absolute atomic E-state index is 0. The van der Waals surface area contributed by atoms with E-state index in [2.05, 4.69) is 0 Å². The van der Waals surface area contributed by atoms with Crippen LogP contribution in [0.2, 0.25) is 0 Å². The Morgan fingerprint density at radius 2 is 1.91 bits per heavy atom. The molecule has 0 aliphatic heterocycles. The molecule has 0 saturated carbocycles. The van der Waals surface area contributed by atoms with E-state index in [4.69, 9.17) is 10.5 Å². The smallest absolute Gasteiger partial charge is 0.242 e. The predicted octanol–water partition coefficient (Wildman–Crippen LogP) is 2.42. The molecule has 5 nitrogen and oxygen atoms in total. The number of nitrogens with two attached hydrogens (primary N) is 1. The number of hydrogen-bond donors (Lipinski definition) is 1. The van der Waals surface area contributed by atoms with Gasteiger partial charge in [-0.3, -0.25) is 0 Å². The predicted molar refractivity (Wildman–Crippen MR) is 92.2 cm³/mol. The van der Waals surface area contributed by atoms with E-state index in [0.29, 0.717) is 24.6 Å². The number of benzene rings is 1. The number of ether oxygens (including phenoxy) is 1. The number of rotatable bonds is 7. The van der Waals surface area contributed by atoms with Crippen LogP contribution in [0, 0.1) is 12.8 Å². The molecule has 1 aromatic rings. The zero-order valence-electron chi connectivity index (χ0n) is 13.9. The first-order chi connectivity index (χ1) is 9.70. The Labute approximate surface area is 140 Å². The topological polar surface area (TPSA) is 72.6 Å². The van der Waals surface area contributed by atoms with Gasteiger partial charge in [-0.1, -0.05) is 13.8 Å². The van der Waals surface area contributed by atoms with Crippen LogP contribution in [-0.2, 0) is 10.0 Å². The van der Waals surface area contributed by atoms with E-state index in [1.807, 2.05) is 20.8 Å². The first kappa shape index (κ1) is 21.2. The molecule has 22 heavy (non-hydrogen) atoms. The molecule has 2 N–H and O–H groups in total. The Kier molecular flexibility index (Phi) is 8.39. The summed E-state index contributed by atoms with van der Waals surface area (Å²) in [5.41, 5.74) is 6.77. The molecular weight excluding hydrogens is 324 g/mol. The van der Waals surface area contributed by atoms with Gasteiger partial charge in [0.2, 0.25) is 10.0 Å². The van der Waals surface area contributed by atoms with E-state index < -0.39 is 10.0 Å². The van der Waals surface area contributed by atoms with E-state index in [0.717, 1.165) is 5.56 Å². The second kappa shape index (κ2) is 8.72. The van der Waals surface area contributed by atoms with Gasteiger partial charge in [-0.25, -0.2) is 12.7 Å². The fourth-order valence-electron chi connectivity index (χ4n) is 1.98. The SMILES string of the molecule is COc1ccc(S(=O)(=O)N(C)CCC(N)C(C)C)cc1C.Cl. The monoisotopic (exact) mass is 350 g/mol. The second-order valence-corrected chi connectivity index (χ2v) is 7.70. The summed E-state index contributed by atoms with van der Waals surface area (Å²) in [6.07, 6.45) is 0.641. The third-order valence-corrected chi connectivity index (χ3v) is 5.56. The molecule has 1 aromatic carbocycles. The van der Waals surface area contributed by atoms with E-state index >= 15 is 0 Å². The fraction of sp³-hybridized carbons (Fsp3) is 0.600. The molecule has 0 radical (unpaired) electrons. The van der Waals surface area contributed by atoms with Gasteiger partial charge < -0.3 is 10.5 Å². The van der Waals surface area contributed by atoms with Gasteiger partial charge in [0.25, 0.3) is 0 Å². The number of methoxy groups -OCH3 is 1. The van der Waals surface area contributed by atoms with Crippen molar-refractivity contribution in [3.63, 3.8) is 0 Å². The summed E-state index contributed by atoms with van der Waals surface area (Å²) in [7, 11) is -0.335. The number of halogens is 1. The van der Waals surface area contributed by atoms with Crippen LogP contribution in [0.3, 0.4) is 0 Å². The Hall–Kier alpha value is -0.820. The highest BCUT2D eigenvalue weighted by Crippen LogP contribution is 2.23. The summed E-state index contributed by atoms with van der Waals surface area (Å²) in [5, 5.41) is 0. The average molecular weight is 351 g/mol. The lowest BCUT2D eigenvalue weighted by atomic mass is 10.0. The first-order valence-electron chi connectivity index (χ1n) is 7.06. The summed E-state index contributed by atoms with van der Waals surface area (Å²) < 4.78 is 31.5. The van der Waals surface area contributed by atoms with Crippen LogP contribution in [0.25, 0.3) is 0 Å². The number of aryl methyl sites for hydroxylation is 1. The van der Waals surface area contributed by atoms with Crippen molar-refractivity contribution in [2.45, 2.75) is 38.1 Å². The lowest BCUT2D eigenvalue weighted by Gasteiger charge is -2.21. The minimum Gasteiger partial charge on any atom is -0.496 e. The van der Waals surface area contributed by atoms with Gasteiger partial charge in [-0.05, 0) is 43.0 Å². The third-order valence-electron chi connectivity index (χ3n) is 3.71. The molecule has 0 heterocycles. The molecule has 1 atom stereocenters. The summed E-state index contributed by atoms with van der Waals surface area (Å²) in [6, 6.07) is 4.88. The van der Waals surface area contributed by atoms with Gasteiger partial charge >= 0.3 is 0 Å². The van der Waals surface area contributed by atoms with Crippen molar-refractivity contribution in [3.8, 4) is 5.75 Å². The summed E-state index contributed by atoms with van der Waals surface area (Å²) in [4.78, 5) is 0.279. The third kappa shape index (κ3) is 5.12. The second-order valence-electron chi connectivity index (χ2n) is 5.65. The molecule has 1 unspecified atom stereocenters. The molecule has 7 heteroatoms. The normalized spacial score (nSPS) is 13.1. The van der Waals surface area contributed by atoms with Crippen molar-refractivity contribution in [2.75, 3.05) is 20.7 Å². The zero-order chi connectivity index (χ0) is 16.2. The van der Waals surface area contributed by atoms with Gasteiger partial charge in [0.05, 0.1) is 12.0 Å². The van der Waals surface area contributed by atoms with E-state index in [-0.39, 0.29) is 23.3 Å². The van der Waals surface area contributed by atoms with Crippen molar-refractivity contribution in [2.24, 2.45) is 11.7 Å². The van der Waals surface area contributed by atoms with Crippen LogP contribution in [0.5, 0.6) is 5.75 Å². The molecule has 0 bridgehead atoms. The van der Waals surface area contributed by atoms with Crippen molar-refractivity contribution >= 4 is 22.4 Å². The van der Waals surface area contributed by atoms with Gasteiger partial charge in [0.15, 0.2) is 0 Å². The average Bonchev–Trinajstić information content (AvgIpc) is 2.43. The zero-order valence-corrected chi connectivity index (χ0v) is 15.5. The van der Waals surface area contributed by atoms with Crippen LogP contribution in [-0.4, -0.2) is 39.5 Å². The molecule has 0 aromatic heterocycles. The largest absolute Gasteiger partial charge is 0.496 e. The maximum absolute atomic E-state index is 12.5. The Balaban J connectivity index is 0.00000441. The highest BCUT2D eigenvalue weighted by molar-refractivity contribution is 7.89. The van der Waals surface area contributed by atoms with Gasteiger partial charge in [0, 0.05) is 19.6 Å². The molecule has 1 rings (SSSR count). The Bertz CT molecular complexity index is 576. The quantitative estimate of drug-likeness (QED) is 0.819. The molecule has 0 aliphatic carbocycles. The maximum Gasteiger partial charge on any atom is 0.242 e. The van der Waals surface area contributed by atoms with Gasteiger partial charge in [-0.2, -0.15) is 0 Å². The lowest BCUT2D eigenvalue weighted by molar-refractivity contribution is 0.397. The van der Waals surface area contributed by atoms with Gasteiger partial charge in [0.1, 0.15) is 5.75 Å². The van der Waals surface area contributed by atoms with Crippen LogP contribution in [0.1, 0.15) is 25.8 Å². The standard InChI is InChI=1S/C15H26N2O3S.ClH/c1-11(2)14(16)8-9-17(4)21(18,19)13-6-7-15(20-5)12(3)10-13;/h6-7,10-11,14H,8-9,16H2,1-5H3;1H. The van der Waals surface area contributed by atoms with Crippen LogP contribution in [0.15, 0.2) is 23.1 Å². The van der Waals surface area contributed by atoms with Crippen molar-refractivity contribution in [1.82, 2.24) is 4.31 Å². The van der Waals surface area contributed by atoms with Crippen molar-refractivity contribution in [1.29, 1.82) is 0 Å². The van der Waals surface area contributed by atoms with Gasteiger partial charge in [-0.15, -0.1) is 12.4 Å². The fourth-order valence-corrected chi connectivity index (χ4v) is 3.25.